The summed E-state index contributed by atoms with van der Waals surface area (Å²) in [5.74, 6) is 1.06. The van der Waals surface area contributed by atoms with Crippen LogP contribution in [0.1, 0.15) is 0 Å². The molecule has 0 fully saturated rings. The predicted molar refractivity (Wildman–Crippen MR) is 66.4 cm³/mol. The predicted octanol–water partition coefficient (Wildman–Crippen LogP) is 0.769. The van der Waals surface area contributed by atoms with Crippen LogP contribution in [-0.4, -0.2) is 45.2 Å². The molecule has 0 bridgehead atoms. The van der Waals surface area contributed by atoms with Gasteiger partial charge in [-0.1, -0.05) is 0 Å². The average molecular weight is 274 g/mol. The van der Waals surface area contributed by atoms with Gasteiger partial charge in [-0.3, -0.25) is 4.55 Å². The van der Waals surface area contributed by atoms with Gasteiger partial charge in [0.05, 0.1) is 25.3 Å². The zero-order valence-corrected chi connectivity index (χ0v) is 10.9. The Morgan fingerprint density at radius 2 is 1.78 bits per heavy atom. The first-order chi connectivity index (χ1) is 8.65. The lowest BCUT2D eigenvalue weighted by molar-refractivity contribution is 0.356. The van der Waals surface area contributed by atoms with Crippen LogP contribution in [-0.2, 0) is 11.1 Å². The number of nitrogens with zero attached hydrogens (tertiary/aromatic N) is 1. The molecule has 1 atom stereocenters. The molecule has 0 saturated carbocycles. The Kier molecular flexibility index (Phi) is 5.08. The number of aromatic nitrogens is 2. The number of imidazole rings is 1. The summed E-state index contributed by atoms with van der Waals surface area (Å²) in [7, 11) is 4.03. The molecule has 0 aliphatic carbocycles. The van der Waals surface area contributed by atoms with Crippen LogP contribution in [0, 0.1) is 0 Å². The van der Waals surface area contributed by atoms with E-state index < -0.39 is 11.1 Å². The minimum atomic E-state index is -2.13. The van der Waals surface area contributed by atoms with Gasteiger partial charge < -0.3 is 19.6 Å². The number of methoxy groups -OCH3 is 2. The number of aliphatic hydroxyl groups is 1. The molecule has 100 valence electrons. The lowest BCUT2D eigenvalue weighted by Crippen LogP contribution is -1.89. The first kappa shape index (κ1) is 14.4. The molecular formula is C10H14N2O5S. The number of benzene rings is 1. The molecule has 2 rings (SSSR count). The highest BCUT2D eigenvalue weighted by Crippen LogP contribution is 2.31. The van der Waals surface area contributed by atoms with Gasteiger partial charge in [0.2, 0.25) is 16.2 Å². The summed E-state index contributed by atoms with van der Waals surface area (Å²) in [6, 6.07) is 3.30. The zero-order valence-electron chi connectivity index (χ0n) is 10.1. The number of H-pyrrole nitrogens is 1. The number of nitrogens with one attached hydrogen (secondary N) is 1. The van der Waals surface area contributed by atoms with Crippen molar-refractivity contribution >= 4 is 22.1 Å². The Morgan fingerprint density at radius 1 is 1.22 bits per heavy atom. The molecule has 18 heavy (non-hydrogen) atoms. The Bertz CT molecular complexity index is 513. The van der Waals surface area contributed by atoms with E-state index in [1.54, 1.807) is 12.1 Å². The smallest absolute Gasteiger partial charge is 0.225 e. The highest BCUT2D eigenvalue weighted by molar-refractivity contribution is 7.79. The van der Waals surface area contributed by atoms with Gasteiger partial charge in [0, 0.05) is 19.2 Å². The van der Waals surface area contributed by atoms with E-state index in [4.69, 9.17) is 19.1 Å². The minimum absolute atomic E-state index is 0.00491. The maximum absolute atomic E-state index is 10.8. The molecule has 1 aromatic carbocycles. The third kappa shape index (κ3) is 2.78. The van der Waals surface area contributed by atoms with Gasteiger partial charge in [-0.2, -0.15) is 0 Å². The van der Waals surface area contributed by atoms with E-state index in [9.17, 15) is 4.21 Å². The second kappa shape index (κ2) is 6.34. The van der Waals surface area contributed by atoms with Crippen molar-refractivity contribution in [1.82, 2.24) is 9.97 Å². The Morgan fingerprint density at radius 3 is 2.28 bits per heavy atom. The normalized spacial score (nSPS) is 11.6. The number of aliphatic hydroxyl groups excluding tert-OH is 1. The largest absolute Gasteiger partial charge is 0.493 e. The van der Waals surface area contributed by atoms with Crippen LogP contribution in [0.5, 0.6) is 11.5 Å². The fourth-order valence-electron chi connectivity index (χ4n) is 1.40. The summed E-state index contributed by atoms with van der Waals surface area (Å²) in [5, 5.41) is 7.00. The van der Waals surface area contributed by atoms with Crippen LogP contribution < -0.4 is 9.47 Å². The number of hydrogen-bond donors (Lipinski definition) is 3. The minimum Gasteiger partial charge on any atom is -0.493 e. The second-order valence-corrected chi connectivity index (χ2v) is 3.90. The van der Waals surface area contributed by atoms with Crippen molar-refractivity contribution in [3.05, 3.63) is 12.1 Å². The summed E-state index contributed by atoms with van der Waals surface area (Å²) in [5.41, 5.74) is 1.17. The molecule has 0 saturated heterocycles. The Labute approximate surface area is 106 Å². The van der Waals surface area contributed by atoms with Gasteiger partial charge in [-0.05, 0) is 0 Å². The van der Waals surface area contributed by atoms with Gasteiger partial charge in [0.25, 0.3) is 0 Å². The van der Waals surface area contributed by atoms with E-state index in [-0.39, 0.29) is 5.16 Å². The molecule has 0 aliphatic heterocycles. The quantitative estimate of drug-likeness (QED) is 0.714. The molecule has 8 heteroatoms. The molecule has 0 amide bonds. The fraction of sp³-hybridized carbons (Fsp3) is 0.300. The summed E-state index contributed by atoms with van der Waals surface area (Å²) in [6.45, 7) is 0. The first-order valence-corrected chi connectivity index (χ1v) is 5.93. The van der Waals surface area contributed by atoms with E-state index in [1.807, 2.05) is 0 Å². The standard InChI is InChI=1S/C9H10N2O4S.CH4O/c1-14-7-3-5-6(4-8(7)15-2)11-9(10-5)16(12)13;1-2/h3-4H,1-2H3,(H,10,11)(H,12,13);2H,1H3. The maximum atomic E-state index is 10.8. The summed E-state index contributed by atoms with van der Waals surface area (Å²) in [6.07, 6.45) is 0. The molecule has 2 aromatic rings. The van der Waals surface area contributed by atoms with Gasteiger partial charge in [-0.15, -0.1) is 0 Å². The number of aromatic amines is 1. The highest BCUT2D eigenvalue weighted by atomic mass is 32.2. The van der Waals surface area contributed by atoms with Gasteiger partial charge in [0.15, 0.2) is 11.5 Å². The van der Waals surface area contributed by atoms with Crippen molar-refractivity contribution in [2.75, 3.05) is 21.3 Å². The third-order valence-electron chi connectivity index (χ3n) is 2.13. The van der Waals surface area contributed by atoms with Crippen molar-refractivity contribution in [3.63, 3.8) is 0 Å². The molecule has 1 aromatic heterocycles. The van der Waals surface area contributed by atoms with E-state index in [0.717, 1.165) is 7.11 Å². The Balaban J connectivity index is 0.000000771. The topological polar surface area (TPSA) is 105 Å². The molecule has 7 nitrogen and oxygen atoms in total. The van der Waals surface area contributed by atoms with Crippen LogP contribution in [0.15, 0.2) is 17.3 Å². The Hall–Kier alpha value is -1.64. The lowest BCUT2D eigenvalue weighted by Gasteiger charge is -2.06. The average Bonchev–Trinajstić information content (AvgIpc) is 2.82. The number of rotatable bonds is 3. The van der Waals surface area contributed by atoms with Crippen molar-refractivity contribution in [3.8, 4) is 11.5 Å². The molecule has 0 radical (unpaired) electrons. The molecule has 1 heterocycles. The van der Waals surface area contributed by atoms with Gasteiger partial charge >= 0.3 is 0 Å². The number of ether oxygens (including phenoxy) is 2. The summed E-state index contributed by atoms with van der Waals surface area (Å²) < 4.78 is 29.9. The fourth-order valence-corrected chi connectivity index (χ4v) is 1.77. The van der Waals surface area contributed by atoms with Crippen LogP contribution >= 0.6 is 0 Å². The lowest BCUT2D eigenvalue weighted by atomic mass is 10.3. The highest BCUT2D eigenvalue weighted by Gasteiger charge is 2.12. The van der Waals surface area contributed by atoms with Crippen LogP contribution in [0.2, 0.25) is 0 Å². The second-order valence-electron chi connectivity index (χ2n) is 3.02. The van der Waals surface area contributed by atoms with Crippen molar-refractivity contribution < 1.29 is 23.3 Å². The van der Waals surface area contributed by atoms with Crippen LogP contribution in [0.4, 0.5) is 0 Å². The van der Waals surface area contributed by atoms with Crippen molar-refractivity contribution in [1.29, 1.82) is 0 Å². The van der Waals surface area contributed by atoms with E-state index in [2.05, 4.69) is 9.97 Å². The zero-order chi connectivity index (χ0) is 13.7. The van der Waals surface area contributed by atoms with Gasteiger partial charge in [-0.25, -0.2) is 9.19 Å². The van der Waals surface area contributed by atoms with E-state index in [0.29, 0.717) is 22.5 Å². The first-order valence-electron chi connectivity index (χ1n) is 4.83. The van der Waals surface area contributed by atoms with Crippen molar-refractivity contribution in [2.24, 2.45) is 0 Å². The molecular weight excluding hydrogens is 260 g/mol. The molecule has 3 N–H and O–H groups in total. The summed E-state index contributed by atoms with van der Waals surface area (Å²) in [4.78, 5) is 6.68. The molecule has 0 aliphatic rings. The van der Waals surface area contributed by atoms with Crippen molar-refractivity contribution in [2.45, 2.75) is 5.16 Å². The number of fused-ring (bicyclic) bond motifs is 1. The monoisotopic (exact) mass is 274 g/mol. The van der Waals surface area contributed by atoms with Gasteiger partial charge in [0.1, 0.15) is 0 Å². The maximum Gasteiger partial charge on any atom is 0.225 e. The SMILES string of the molecule is CO.COc1cc2nc(S(=O)O)[nH]c2cc1OC. The molecule has 0 spiro atoms. The van der Waals surface area contributed by atoms with Crippen LogP contribution in [0.3, 0.4) is 0 Å². The van der Waals surface area contributed by atoms with E-state index >= 15 is 0 Å². The van der Waals surface area contributed by atoms with Crippen LogP contribution in [0.25, 0.3) is 11.0 Å². The number of hydrogen-bond acceptors (Lipinski definition) is 5. The van der Waals surface area contributed by atoms with E-state index in [1.165, 1.54) is 14.2 Å². The summed E-state index contributed by atoms with van der Waals surface area (Å²) >= 11 is -2.13. The molecule has 1 unspecified atom stereocenters. The third-order valence-corrected chi connectivity index (χ3v) is 2.66.